The van der Waals surface area contributed by atoms with Crippen LogP contribution in [0.25, 0.3) is 0 Å². The Bertz CT molecular complexity index is 986. The van der Waals surface area contributed by atoms with Gasteiger partial charge in [0.1, 0.15) is 11.5 Å². The van der Waals surface area contributed by atoms with Crippen LogP contribution in [0.15, 0.2) is 18.2 Å². The molecule has 3 aliphatic carbocycles. The lowest BCUT2D eigenvalue weighted by Gasteiger charge is -2.66. The molecular formula is C24H29NO7. The maximum atomic E-state index is 13.5. The van der Waals surface area contributed by atoms with Crippen molar-refractivity contribution < 1.29 is 34.8 Å². The van der Waals surface area contributed by atoms with E-state index in [-0.39, 0.29) is 24.6 Å². The number of phenols is 1. The smallest absolute Gasteiger partial charge is 0.304 e. The summed E-state index contributed by atoms with van der Waals surface area (Å²) in [5, 5.41) is 41.7. The summed E-state index contributed by atoms with van der Waals surface area (Å²) in [5.41, 5.74) is -2.34. The number of aliphatic hydroxyl groups is 1. The van der Waals surface area contributed by atoms with Gasteiger partial charge in [-0.1, -0.05) is 6.07 Å². The fourth-order valence-electron chi connectivity index (χ4n) is 6.90. The summed E-state index contributed by atoms with van der Waals surface area (Å²) >= 11 is 0. The Morgan fingerprint density at radius 1 is 1.12 bits per heavy atom. The topological polar surface area (TPSA) is 135 Å². The zero-order chi connectivity index (χ0) is 22.9. The molecule has 0 aromatic heterocycles. The molecule has 0 amide bonds. The summed E-state index contributed by atoms with van der Waals surface area (Å²) in [7, 11) is 0. The number of nitrogens with zero attached hydrogens (tertiary/aromatic N) is 1. The zero-order valence-electron chi connectivity index (χ0n) is 17.9. The van der Waals surface area contributed by atoms with Gasteiger partial charge in [-0.2, -0.15) is 0 Å². The minimum absolute atomic E-state index is 0.0553. The molecule has 32 heavy (non-hydrogen) atoms. The van der Waals surface area contributed by atoms with Gasteiger partial charge in [-0.15, -0.1) is 0 Å². The first-order valence-corrected chi connectivity index (χ1v) is 11.3. The largest absolute Gasteiger partial charge is 0.508 e. The van der Waals surface area contributed by atoms with Gasteiger partial charge in [-0.3, -0.25) is 19.3 Å². The number of aliphatic carboxylic acids is 2. The quantitative estimate of drug-likeness (QED) is 0.522. The standard InChI is InChI=1S/C24H29NO7/c26-16-4-3-15-7-18-24(32)13-22(10-20(28)29,11-21(30)31)19(27)9-23(24,17(15)8-16)5-6-25(18)12-14-1-2-14/h3-4,8,14,18,26,32H,1-2,5-7,9-13H2,(H,28,29)(H,30,31)/t18-,23-,24-/m1/s1. The number of rotatable bonds is 6. The number of piperidine rings is 1. The second kappa shape index (κ2) is 7.02. The van der Waals surface area contributed by atoms with Crippen LogP contribution in [0.5, 0.6) is 5.75 Å². The molecule has 1 aliphatic heterocycles. The van der Waals surface area contributed by atoms with Gasteiger partial charge in [0.2, 0.25) is 0 Å². The van der Waals surface area contributed by atoms with Crippen molar-refractivity contribution >= 4 is 17.7 Å². The summed E-state index contributed by atoms with van der Waals surface area (Å²) in [6, 6.07) is 4.76. The van der Waals surface area contributed by atoms with Gasteiger partial charge in [0.15, 0.2) is 0 Å². The Morgan fingerprint density at radius 2 is 1.81 bits per heavy atom. The first-order chi connectivity index (χ1) is 15.1. The van der Waals surface area contributed by atoms with Crippen LogP contribution in [0.3, 0.4) is 0 Å². The van der Waals surface area contributed by atoms with E-state index in [9.17, 15) is 34.8 Å². The Balaban J connectivity index is 1.66. The van der Waals surface area contributed by atoms with Gasteiger partial charge in [-0.05, 0) is 67.8 Å². The Kier molecular flexibility index (Phi) is 4.70. The average molecular weight is 443 g/mol. The fraction of sp³-hybridized carbons (Fsp3) is 0.625. The van der Waals surface area contributed by atoms with Crippen molar-refractivity contribution in [3.05, 3.63) is 29.3 Å². The lowest BCUT2D eigenvalue weighted by Crippen LogP contribution is -2.76. The Morgan fingerprint density at radius 3 is 2.44 bits per heavy atom. The third-order valence-corrected chi connectivity index (χ3v) is 8.50. The number of benzene rings is 1. The van der Waals surface area contributed by atoms with Gasteiger partial charge in [-0.25, -0.2) is 0 Å². The number of carbonyl (C=O) groups excluding carboxylic acids is 1. The van der Waals surface area contributed by atoms with E-state index in [4.69, 9.17) is 0 Å². The van der Waals surface area contributed by atoms with Gasteiger partial charge in [0.25, 0.3) is 0 Å². The summed E-state index contributed by atoms with van der Waals surface area (Å²) < 4.78 is 0. The SMILES string of the molecule is O=C(O)CC1(CC(=O)O)C[C@@]2(O)[C@H]3Cc4ccc(O)cc4[C@@]2(CCN3CC2CC2)CC1=O. The van der Waals surface area contributed by atoms with Gasteiger partial charge in [0.05, 0.1) is 23.9 Å². The molecule has 1 heterocycles. The van der Waals surface area contributed by atoms with Gasteiger partial charge >= 0.3 is 11.9 Å². The molecule has 3 fully saturated rings. The van der Waals surface area contributed by atoms with Crippen molar-refractivity contribution in [2.24, 2.45) is 11.3 Å². The first-order valence-electron chi connectivity index (χ1n) is 11.3. The second-order valence-electron chi connectivity index (χ2n) is 10.5. The van der Waals surface area contributed by atoms with Crippen LogP contribution >= 0.6 is 0 Å². The zero-order valence-corrected chi connectivity index (χ0v) is 17.9. The average Bonchev–Trinajstić information content (AvgIpc) is 3.49. The molecule has 3 atom stereocenters. The number of aromatic hydroxyl groups is 1. The number of fused-ring (bicyclic) bond motifs is 1. The van der Waals surface area contributed by atoms with Crippen LogP contribution in [-0.4, -0.2) is 67.8 Å². The number of Topliss-reactive ketones (excluding diaryl/α,β-unsaturated/α-hetero) is 1. The third kappa shape index (κ3) is 3.07. The van der Waals surface area contributed by atoms with E-state index in [2.05, 4.69) is 4.90 Å². The van der Waals surface area contributed by atoms with Crippen LogP contribution in [0.4, 0.5) is 0 Å². The monoisotopic (exact) mass is 443 g/mol. The number of carboxylic acid groups (broad SMARTS) is 2. The first kappa shape index (κ1) is 21.4. The van der Waals surface area contributed by atoms with Crippen molar-refractivity contribution in [1.29, 1.82) is 0 Å². The molecule has 0 spiro atoms. The molecule has 2 saturated carbocycles. The molecule has 4 aliphatic rings. The Hall–Kier alpha value is -2.45. The summed E-state index contributed by atoms with van der Waals surface area (Å²) in [6.07, 6.45) is 1.79. The normalized spacial score (nSPS) is 33.3. The van der Waals surface area contributed by atoms with Crippen molar-refractivity contribution in [2.75, 3.05) is 13.1 Å². The minimum Gasteiger partial charge on any atom is -0.508 e. The highest BCUT2D eigenvalue weighted by molar-refractivity contribution is 5.94. The van der Waals surface area contributed by atoms with E-state index < -0.39 is 47.0 Å². The van der Waals surface area contributed by atoms with Crippen LogP contribution in [-0.2, 0) is 26.2 Å². The van der Waals surface area contributed by atoms with E-state index in [1.807, 2.05) is 6.07 Å². The van der Waals surface area contributed by atoms with Crippen molar-refractivity contribution in [3.63, 3.8) is 0 Å². The Labute approximate surface area is 185 Å². The number of carbonyl (C=O) groups is 3. The number of hydrogen-bond donors (Lipinski definition) is 4. The second-order valence-corrected chi connectivity index (χ2v) is 10.5. The molecular weight excluding hydrogens is 414 g/mol. The molecule has 0 unspecified atom stereocenters. The van der Waals surface area contributed by atoms with Crippen molar-refractivity contribution in [3.8, 4) is 5.75 Å². The lowest BCUT2D eigenvalue weighted by atomic mass is 9.44. The third-order valence-electron chi connectivity index (χ3n) is 8.50. The van der Waals surface area contributed by atoms with E-state index in [1.165, 1.54) is 0 Å². The summed E-state index contributed by atoms with van der Waals surface area (Å²) in [6.45, 7) is 1.55. The number of likely N-dealkylation sites (tertiary alicyclic amines) is 1. The number of hydrogen-bond acceptors (Lipinski definition) is 6. The van der Waals surface area contributed by atoms with Crippen LogP contribution < -0.4 is 0 Å². The molecule has 2 bridgehead atoms. The highest BCUT2D eigenvalue weighted by Gasteiger charge is 2.70. The summed E-state index contributed by atoms with van der Waals surface area (Å²) in [4.78, 5) is 39.2. The maximum Gasteiger partial charge on any atom is 0.304 e. The van der Waals surface area contributed by atoms with Crippen LogP contribution in [0, 0.1) is 11.3 Å². The number of carboxylic acids is 2. The molecule has 8 heteroatoms. The van der Waals surface area contributed by atoms with E-state index in [0.717, 1.165) is 30.5 Å². The highest BCUT2D eigenvalue weighted by Crippen LogP contribution is 2.62. The van der Waals surface area contributed by atoms with E-state index >= 15 is 0 Å². The molecule has 1 saturated heterocycles. The maximum absolute atomic E-state index is 13.5. The molecule has 1 aromatic rings. The number of ketones is 1. The van der Waals surface area contributed by atoms with Crippen LogP contribution in [0.2, 0.25) is 0 Å². The molecule has 1 aromatic carbocycles. The molecule has 5 rings (SSSR count). The van der Waals surface area contributed by atoms with Crippen molar-refractivity contribution in [2.45, 2.75) is 68.4 Å². The fourth-order valence-corrected chi connectivity index (χ4v) is 6.90. The predicted molar refractivity (Wildman–Crippen MR) is 112 cm³/mol. The highest BCUT2D eigenvalue weighted by atomic mass is 16.4. The van der Waals surface area contributed by atoms with Gasteiger partial charge < -0.3 is 20.4 Å². The van der Waals surface area contributed by atoms with E-state index in [0.29, 0.717) is 25.3 Å². The van der Waals surface area contributed by atoms with Crippen molar-refractivity contribution in [1.82, 2.24) is 4.90 Å². The molecule has 172 valence electrons. The van der Waals surface area contributed by atoms with Crippen LogP contribution in [0.1, 0.15) is 56.1 Å². The molecule has 4 N–H and O–H groups in total. The summed E-state index contributed by atoms with van der Waals surface area (Å²) in [5.74, 6) is -2.27. The number of phenolic OH excluding ortho intramolecular Hbond substituents is 1. The minimum atomic E-state index is -1.65. The molecule has 8 nitrogen and oxygen atoms in total. The van der Waals surface area contributed by atoms with Gasteiger partial charge in [0, 0.05) is 24.4 Å². The van der Waals surface area contributed by atoms with E-state index in [1.54, 1.807) is 12.1 Å². The lowest BCUT2D eigenvalue weighted by molar-refractivity contribution is -0.199. The predicted octanol–water partition coefficient (Wildman–Crippen LogP) is 1.70. The molecule has 0 radical (unpaired) electrons.